The number of halogens is 1. The number of rotatable bonds is 3. The quantitative estimate of drug-likeness (QED) is 0.869. The molecule has 136 valence electrons. The van der Waals surface area contributed by atoms with Gasteiger partial charge in [-0.3, -0.25) is 9.59 Å². The number of amides is 2. The minimum Gasteiger partial charge on any atom is -0.322 e. The standard InChI is InChI=1S/C18H17ClN2O4S/c1-11-5-3-4-6-16(11)20-17(22)14-8-7-13(9-15(14)19)21-18(23)12(2)10-26(21,24)25/h3-9,12H,10H2,1-2H3,(H,20,22)/t12-/m0/s1. The first-order chi connectivity index (χ1) is 12.2. The van der Waals surface area contributed by atoms with Gasteiger partial charge in [-0.05, 0) is 36.8 Å². The summed E-state index contributed by atoms with van der Waals surface area (Å²) in [6.45, 7) is 3.43. The van der Waals surface area contributed by atoms with Crippen LogP contribution in [0.1, 0.15) is 22.8 Å². The van der Waals surface area contributed by atoms with Gasteiger partial charge in [-0.15, -0.1) is 0 Å². The lowest BCUT2D eigenvalue weighted by atomic mass is 10.1. The molecule has 0 aliphatic carbocycles. The second kappa shape index (κ2) is 6.74. The Morgan fingerprint density at radius 1 is 1.23 bits per heavy atom. The lowest BCUT2D eigenvalue weighted by Crippen LogP contribution is -2.30. The third kappa shape index (κ3) is 3.32. The van der Waals surface area contributed by atoms with Gasteiger partial charge in [0.25, 0.3) is 5.91 Å². The summed E-state index contributed by atoms with van der Waals surface area (Å²) >= 11 is 6.19. The Morgan fingerprint density at radius 3 is 2.50 bits per heavy atom. The van der Waals surface area contributed by atoms with E-state index in [0.717, 1.165) is 9.87 Å². The summed E-state index contributed by atoms with van der Waals surface area (Å²) in [5, 5.41) is 2.83. The normalized spacial score (nSPS) is 18.8. The van der Waals surface area contributed by atoms with Crippen molar-refractivity contribution in [3.63, 3.8) is 0 Å². The third-order valence-corrected chi connectivity index (χ3v) is 6.37. The van der Waals surface area contributed by atoms with Crippen LogP contribution in [0.5, 0.6) is 0 Å². The summed E-state index contributed by atoms with van der Waals surface area (Å²) in [6.07, 6.45) is 0. The molecule has 1 aliphatic heterocycles. The Morgan fingerprint density at radius 2 is 1.92 bits per heavy atom. The summed E-state index contributed by atoms with van der Waals surface area (Å²) in [5.41, 5.74) is 1.88. The summed E-state index contributed by atoms with van der Waals surface area (Å²) in [6, 6.07) is 11.4. The number of carbonyl (C=O) groups excluding carboxylic acids is 2. The van der Waals surface area contributed by atoms with Crippen molar-refractivity contribution in [1.82, 2.24) is 0 Å². The second-order valence-corrected chi connectivity index (χ2v) is 8.48. The fraction of sp³-hybridized carbons (Fsp3) is 0.222. The predicted molar refractivity (Wildman–Crippen MR) is 101 cm³/mol. The van der Waals surface area contributed by atoms with Gasteiger partial charge in [0.1, 0.15) is 0 Å². The van der Waals surface area contributed by atoms with Crippen molar-refractivity contribution in [2.45, 2.75) is 13.8 Å². The first-order valence-electron chi connectivity index (χ1n) is 7.94. The van der Waals surface area contributed by atoms with Crippen LogP contribution in [0.25, 0.3) is 0 Å². The van der Waals surface area contributed by atoms with Crippen molar-refractivity contribution >= 4 is 44.8 Å². The van der Waals surface area contributed by atoms with E-state index in [4.69, 9.17) is 11.6 Å². The van der Waals surface area contributed by atoms with Crippen LogP contribution in [0.3, 0.4) is 0 Å². The highest BCUT2D eigenvalue weighted by Crippen LogP contribution is 2.31. The van der Waals surface area contributed by atoms with E-state index in [1.165, 1.54) is 18.2 Å². The van der Waals surface area contributed by atoms with Gasteiger partial charge >= 0.3 is 0 Å². The first kappa shape index (κ1) is 18.4. The van der Waals surface area contributed by atoms with E-state index in [1.54, 1.807) is 19.1 Å². The van der Waals surface area contributed by atoms with Gasteiger partial charge in [0.2, 0.25) is 15.9 Å². The van der Waals surface area contributed by atoms with Crippen LogP contribution in [-0.4, -0.2) is 26.0 Å². The number of para-hydroxylation sites is 1. The molecule has 1 fully saturated rings. The monoisotopic (exact) mass is 392 g/mol. The number of aryl methyl sites for hydroxylation is 1. The van der Waals surface area contributed by atoms with Gasteiger partial charge in [-0.25, -0.2) is 12.7 Å². The molecule has 0 unspecified atom stereocenters. The Bertz CT molecular complexity index is 1000. The number of hydrogen-bond donors (Lipinski definition) is 1. The van der Waals surface area contributed by atoms with Gasteiger partial charge in [0, 0.05) is 5.69 Å². The molecule has 6 nitrogen and oxygen atoms in total. The Balaban J connectivity index is 1.90. The summed E-state index contributed by atoms with van der Waals surface area (Å²) in [7, 11) is -3.72. The number of hydrogen-bond acceptors (Lipinski definition) is 4. The largest absolute Gasteiger partial charge is 0.322 e. The molecule has 1 atom stereocenters. The van der Waals surface area contributed by atoms with E-state index < -0.39 is 27.8 Å². The second-order valence-electron chi connectivity index (χ2n) is 6.22. The van der Waals surface area contributed by atoms with Crippen molar-refractivity contribution < 1.29 is 18.0 Å². The average molecular weight is 393 g/mol. The van der Waals surface area contributed by atoms with Gasteiger partial charge < -0.3 is 5.32 Å². The van der Waals surface area contributed by atoms with E-state index in [-0.39, 0.29) is 22.0 Å². The number of anilines is 2. The van der Waals surface area contributed by atoms with Gasteiger partial charge in [0.15, 0.2) is 0 Å². The molecule has 1 saturated heterocycles. The van der Waals surface area contributed by atoms with Crippen molar-refractivity contribution in [2.75, 3.05) is 15.4 Å². The molecule has 8 heteroatoms. The average Bonchev–Trinajstić information content (AvgIpc) is 2.76. The first-order valence-corrected chi connectivity index (χ1v) is 9.93. The highest BCUT2D eigenvalue weighted by atomic mass is 35.5. The van der Waals surface area contributed by atoms with Gasteiger partial charge in [-0.1, -0.05) is 36.7 Å². The molecule has 26 heavy (non-hydrogen) atoms. The zero-order chi connectivity index (χ0) is 19.1. The third-order valence-electron chi connectivity index (χ3n) is 4.19. The van der Waals surface area contributed by atoms with Crippen LogP contribution in [-0.2, 0) is 14.8 Å². The minimum absolute atomic E-state index is 0.0659. The van der Waals surface area contributed by atoms with E-state index in [2.05, 4.69) is 5.32 Å². The Labute approximate surface area is 156 Å². The minimum atomic E-state index is -3.72. The van der Waals surface area contributed by atoms with Gasteiger partial charge in [0.05, 0.1) is 27.9 Å². The zero-order valence-corrected chi connectivity index (χ0v) is 15.8. The molecule has 2 aromatic carbocycles. The number of sulfonamides is 1. The molecule has 0 radical (unpaired) electrons. The molecule has 3 rings (SSSR count). The van der Waals surface area contributed by atoms with Gasteiger partial charge in [-0.2, -0.15) is 0 Å². The summed E-state index contributed by atoms with van der Waals surface area (Å²) < 4.78 is 25.1. The molecular formula is C18H17ClN2O4S. The molecular weight excluding hydrogens is 376 g/mol. The van der Waals surface area contributed by atoms with Crippen molar-refractivity contribution in [3.05, 3.63) is 58.6 Å². The van der Waals surface area contributed by atoms with Crippen LogP contribution in [0.2, 0.25) is 5.02 Å². The molecule has 0 bridgehead atoms. The van der Waals surface area contributed by atoms with Crippen molar-refractivity contribution in [3.8, 4) is 0 Å². The van der Waals surface area contributed by atoms with Crippen molar-refractivity contribution in [2.24, 2.45) is 5.92 Å². The van der Waals surface area contributed by atoms with Crippen LogP contribution in [0, 0.1) is 12.8 Å². The number of nitrogens with one attached hydrogen (secondary N) is 1. The molecule has 0 aromatic heterocycles. The zero-order valence-electron chi connectivity index (χ0n) is 14.2. The van der Waals surface area contributed by atoms with Crippen LogP contribution >= 0.6 is 11.6 Å². The SMILES string of the molecule is Cc1ccccc1NC(=O)c1ccc(N2C(=O)[C@@H](C)CS2(=O)=O)cc1Cl. The van der Waals surface area contributed by atoms with Crippen molar-refractivity contribution in [1.29, 1.82) is 0 Å². The highest BCUT2D eigenvalue weighted by molar-refractivity contribution is 7.94. The maximum Gasteiger partial charge on any atom is 0.257 e. The topological polar surface area (TPSA) is 83.6 Å². The number of carbonyl (C=O) groups is 2. The van der Waals surface area contributed by atoms with Crippen LogP contribution < -0.4 is 9.62 Å². The molecule has 0 spiro atoms. The lowest BCUT2D eigenvalue weighted by molar-refractivity contribution is -0.119. The molecule has 2 amide bonds. The molecule has 2 aromatic rings. The summed E-state index contributed by atoms with van der Waals surface area (Å²) in [5.74, 6) is -1.76. The Hall–Kier alpha value is -2.38. The maximum absolute atomic E-state index is 12.5. The molecule has 1 heterocycles. The molecule has 0 saturated carbocycles. The number of nitrogens with zero attached hydrogens (tertiary/aromatic N) is 1. The molecule has 1 N–H and O–H groups in total. The van der Waals surface area contributed by atoms with E-state index in [9.17, 15) is 18.0 Å². The highest BCUT2D eigenvalue weighted by Gasteiger charge is 2.42. The van der Waals surface area contributed by atoms with E-state index >= 15 is 0 Å². The van der Waals surface area contributed by atoms with E-state index in [0.29, 0.717) is 5.69 Å². The fourth-order valence-corrected chi connectivity index (χ4v) is 4.88. The predicted octanol–water partition coefficient (Wildman–Crippen LogP) is 3.21. The fourth-order valence-electron chi connectivity index (χ4n) is 2.80. The summed E-state index contributed by atoms with van der Waals surface area (Å²) in [4.78, 5) is 24.6. The van der Waals surface area contributed by atoms with Crippen LogP contribution in [0.15, 0.2) is 42.5 Å². The van der Waals surface area contributed by atoms with E-state index in [1.807, 2.05) is 19.1 Å². The Kier molecular flexibility index (Phi) is 4.77. The molecule has 1 aliphatic rings. The smallest absolute Gasteiger partial charge is 0.257 e. The van der Waals surface area contributed by atoms with Crippen LogP contribution in [0.4, 0.5) is 11.4 Å². The lowest BCUT2D eigenvalue weighted by Gasteiger charge is -2.16. The maximum atomic E-state index is 12.5. The number of benzene rings is 2.